The first-order valence-electron chi connectivity index (χ1n) is 7.77. The lowest BCUT2D eigenvalue weighted by atomic mass is 9.83. The highest BCUT2D eigenvalue weighted by molar-refractivity contribution is 5.94. The van der Waals surface area contributed by atoms with Gasteiger partial charge in [0.1, 0.15) is 0 Å². The Kier molecular flexibility index (Phi) is 5.97. The molecule has 2 N–H and O–H groups in total. The normalized spacial score (nSPS) is 12.3. The third kappa shape index (κ3) is 4.57. The topological polar surface area (TPSA) is 49.3 Å². The number of rotatable bonds is 6. The molecule has 21 heavy (non-hydrogen) atoms. The van der Waals surface area contributed by atoms with Crippen LogP contribution in [0, 0.1) is 5.41 Å². The molecule has 1 aromatic rings. The fourth-order valence-corrected chi connectivity index (χ4v) is 2.27. The Morgan fingerprint density at radius 2 is 1.62 bits per heavy atom. The summed E-state index contributed by atoms with van der Waals surface area (Å²) in [5.74, 6) is -0.0739. The molecule has 1 rings (SSSR count). The van der Waals surface area contributed by atoms with Crippen molar-refractivity contribution in [3.63, 3.8) is 0 Å². The van der Waals surface area contributed by atoms with Gasteiger partial charge in [0, 0.05) is 17.5 Å². The van der Waals surface area contributed by atoms with Gasteiger partial charge >= 0.3 is 0 Å². The molecule has 3 heteroatoms. The first kappa shape index (κ1) is 17.7. The minimum absolute atomic E-state index is 0.0739. The summed E-state index contributed by atoms with van der Waals surface area (Å²) in [4.78, 5) is 12.2. The Labute approximate surface area is 128 Å². The van der Waals surface area contributed by atoms with Crippen molar-refractivity contribution in [3.8, 4) is 0 Å². The van der Waals surface area contributed by atoms with E-state index in [1.165, 1.54) is 5.56 Å². The van der Waals surface area contributed by atoms with Crippen LogP contribution in [0.3, 0.4) is 0 Å². The number of carbonyl (C=O) groups is 1. The Morgan fingerprint density at radius 1 is 1.10 bits per heavy atom. The summed E-state index contributed by atoms with van der Waals surface area (Å²) < 4.78 is 0. The summed E-state index contributed by atoms with van der Waals surface area (Å²) in [5.41, 5.74) is 1.76. The van der Waals surface area contributed by atoms with Crippen LogP contribution in [-0.4, -0.2) is 24.2 Å². The molecule has 0 bridgehead atoms. The van der Waals surface area contributed by atoms with E-state index in [-0.39, 0.29) is 23.3 Å². The van der Waals surface area contributed by atoms with E-state index in [0.29, 0.717) is 12.1 Å². The Morgan fingerprint density at radius 3 is 2.00 bits per heavy atom. The molecule has 0 aliphatic rings. The Balaban J connectivity index is 2.72. The van der Waals surface area contributed by atoms with Gasteiger partial charge in [0.05, 0.1) is 6.61 Å². The zero-order valence-electron chi connectivity index (χ0n) is 14.0. The zero-order valence-corrected chi connectivity index (χ0v) is 14.0. The lowest BCUT2D eigenvalue weighted by Crippen LogP contribution is -2.39. The van der Waals surface area contributed by atoms with Crippen molar-refractivity contribution in [2.24, 2.45) is 5.41 Å². The smallest absolute Gasteiger partial charge is 0.251 e. The van der Waals surface area contributed by atoms with E-state index < -0.39 is 0 Å². The van der Waals surface area contributed by atoms with Crippen LogP contribution in [0.15, 0.2) is 24.3 Å². The maximum atomic E-state index is 12.2. The van der Waals surface area contributed by atoms with Gasteiger partial charge < -0.3 is 10.4 Å². The molecule has 1 amide bonds. The number of hydrogen-bond donors (Lipinski definition) is 2. The summed E-state index contributed by atoms with van der Waals surface area (Å²) in [6.45, 7) is 11.2. The van der Waals surface area contributed by atoms with Crippen LogP contribution in [0.4, 0.5) is 0 Å². The van der Waals surface area contributed by atoms with Gasteiger partial charge in [-0.2, -0.15) is 0 Å². The first-order valence-corrected chi connectivity index (χ1v) is 7.77. The molecule has 0 unspecified atom stereocenters. The fraction of sp³-hybridized carbons (Fsp3) is 0.611. The van der Waals surface area contributed by atoms with Gasteiger partial charge in [0.15, 0.2) is 0 Å². The quantitative estimate of drug-likeness (QED) is 0.842. The Hall–Kier alpha value is -1.35. The SMILES string of the molecule is CCC(CC)(CO)CNC(=O)c1ccc(C(C)(C)C)cc1. The van der Waals surface area contributed by atoms with E-state index in [9.17, 15) is 9.90 Å². The Bertz CT molecular complexity index is 445. The summed E-state index contributed by atoms with van der Waals surface area (Å²) in [5, 5.41) is 12.5. The minimum Gasteiger partial charge on any atom is -0.396 e. The van der Waals surface area contributed by atoms with Gasteiger partial charge in [-0.05, 0) is 36.0 Å². The van der Waals surface area contributed by atoms with E-state index in [1.807, 2.05) is 38.1 Å². The fourth-order valence-electron chi connectivity index (χ4n) is 2.27. The van der Waals surface area contributed by atoms with Crippen LogP contribution in [-0.2, 0) is 5.41 Å². The second-order valence-electron chi connectivity index (χ2n) is 6.88. The van der Waals surface area contributed by atoms with Crippen LogP contribution < -0.4 is 5.32 Å². The molecule has 0 spiro atoms. The number of carbonyl (C=O) groups excluding carboxylic acids is 1. The van der Waals surface area contributed by atoms with Gasteiger partial charge in [-0.3, -0.25) is 4.79 Å². The van der Waals surface area contributed by atoms with Crippen molar-refractivity contribution < 1.29 is 9.90 Å². The number of aliphatic hydroxyl groups is 1. The van der Waals surface area contributed by atoms with Crippen LogP contribution in [0.5, 0.6) is 0 Å². The molecule has 0 aromatic heterocycles. The molecule has 0 heterocycles. The van der Waals surface area contributed by atoms with E-state index >= 15 is 0 Å². The van der Waals surface area contributed by atoms with E-state index in [0.717, 1.165) is 12.8 Å². The molecule has 0 aliphatic carbocycles. The summed E-state index contributed by atoms with van der Waals surface area (Å²) in [6, 6.07) is 7.75. The van der Waals surface area contributed by atoms with Crippen LogP contribution in [0.25, 0.3) is 0 Å². The van der Waals surface area contributed by atoms with Crippen molar-refractivity contribution >= 4 is 5.91 Å². The highest BCUT2D eigenvalue weighted by Gasteiger charge is 2.26. The molecule has 0 saturated heterocycles. The van der Waals surface area contributed by atoms with Gasteiger partial charge in [-0.15, -0.1) is 0 Å². The lowest BCUT2D eigenvalue weighted by molar-refractivity contribution is 0.0851. The maximum Gasteiger partial charge on any atom is 0.251 e. The van der Waals surface area contributed by atoms with Gasteiger partial charge in [-0.1, -0.05) is 46.8 Å². The van der Waals surface area contributed by atoms with Crippen molar-refractivity contribution in [2.45, 2.75) is 52.9 Å². The van der Waals surface area contributed by atoms with Gasteiger partial charge in [-0.25, -0.2) is 0 Å². The lowest BCUT2D eigenvalue weighted by Gasteiger charge is -2.29. The number of amides is 1. The first-order chi connectivity index (χ1) is 9.78. The largest absolute Gasteiger partial charge is 0.396 e. The van der Waals surface area contributed by atoms with Gasteiger partial charge in [0.25, 0.3) is 5.91 Å². The highest BCUT2D eigenvalue weighted by atomic mass is 16.3. The van der Waals surface area contributed by atoms with Crippen LogP contribution >= 0.6 is 0 Å². The van der Waals surface area contributed by atoms with Crippen molar-refractivity contribution in [2.75, 3.05) is 13.2 Å². The van der Waals surface area contributed by atoms with E-state index in [1.54, 1.807) is 0 Å². The standard InChI is InChI=1S/C18H29NO2/c1-6-18(7-2,13-20)12-19-16(21)14-8-10-15(11-9-14)17(3,4)5/h8-11,20H,6-7,12-13H2,1-5H3,(H,19,21). The molecule has 1 aromatic carbocycles. The number of hydrogen-bond acceptors (Lipinski definition) is 2. The van der Waals surface area contributed by atoms with E-state index in [4.69, 9.17) is 0 Å². The third-order valence-corrected chi connectivity index (χ3v) is 4.47. The second kappa shape index (κ2) is 7.08. The minimum atomic E-state index is -0.207. The summed E-state index contributed by atoms with van der Waals surface area (Å²) in [6.07, 6.45) is 1.70. The molecular formula is C18H29NO2. The van der Waals surface area contributed by atoms with Crippen molar-refractivity contribution in [1.82, 2.24) is 5.32 Å². The molecule has 0 aliphatic heterocycles. The van der Waals surface area contributed by atoms with Crippen molar-refractivity contribution in [1.29, 1.82) is 0 Å². The summed E-state index contributed by atoms with van der Waals surface area (Å²) >= 11 is 0. The molecular weight excluding hydrogens is 262 g/mol. The molecule has 3 nitrogen and oxygen atoms in total. The number of nitrogens with one attached hydrogen (secondary N) is 1. The predicted octanol–water partition coefficient (Wildman–Crippen LogP) is 3.51. The number of benzene rings is 1. The van der Waals surface area contributed by atoms with Crippen molar-refractivity contribution in [3.05, 3.63) is 35.4 Å². The predicted molar refractivity (Wildman–Crippen MR) is 87.6 cm³/mol. The van der Waals surface area contributed by atoms with Crippen LogP contribution in [0.1, 0.15) is 63.4 Å². The summed E-state index contributed by atoms with van der Waals surface area (Å²) in [7, 11) is 0. The van der Waals surface area contributed by atoms with Gasteiger partial charge in [0.2, 0.25) is 0 Å². The third-order valence-electron chi connectivity index (χ3n) is 4.47. The van der Waals surface area contributed by atoms with Crippen LogP contribution in [0.2, 0.25) is 0 Å². The maximum absolute atomic E-state index is 12.2. The molecule has 0 radical (unpaired) electrons. The second-order valence-corrected chi connectivity index (χ2v) is 6.88. The molecule has 0 saturated carbocycles. The monoisotopic (exact) mass is 291 g/mol. The average molecular weight is 291 g/mol. The molecule has 118 valence electrons. The highest BCUT2D eigenvalue weighted by Crippen LogP contribution is 2.25. The average Bonchev–Trinajstić information content (AvgIpc) is 2.48. The number of aliphatic hydroxyl groups excluding tert-OH is 1. The molecule has 0 atom stereocenters. The molecule has 0 fully saturated rings. The zero-order chi connectivity index (χ0) is 16.1. The van der Waals surface area contributed by atoms with E-state index in [2.05, 4.69) is 26.1 Å².